The number of nitrogens with one attached hydrogen (secondary N) is 1. The van der Waals surface area contributed by atoms with E-state index in [9.17, 15) is 8.42 Å². The van der Waals surface area contributed by atoms with Crippen LogP contribution < -0.4 is 5.32 Å². The van der Waals surface area contributed by atoms with Crippen molar-refractivity contribution in [1.29, 1.82) is 0 Å². The van der Waals surface area contributed by atoms with Crippen molar-refractivity contribution in [2.24, 2.45) is 0 Å². The van der Waals surface area contributed by atoms with Crippen molar-refractivity contribution in [2.75, 3.05) is 32.9 Å². The van der Waals surface area contributed by atoms with E-state index >= 15 is 0 Å². The monoisotopic (exact) mass is 413 g/mol. The maximum absolute atomic E-state index is 11.9. The normalized spacial score (nSPS) is 14.3. The van der Waals surface area contributed by atoms with E-state index in [-0.39, 0.29) is 11.5 Å². The molecule has 6 heteroatoms. The Balaban J connectivity index is 0.000000552. The molecule has 0 radical (unpaired) electrons. The van der Waals surface area contributed by atoms with E-state index in [2.05, 4.69) is 12.2 Å². The van der Waals surface area contributed by atoms with Crippen LogP contribution in [0.4, 0.5) is 0 Å². The van der Waals surface area contributed by atoms with E-state index in [1.807, 2.05) is 0 Å². The van der Waals surface area contributed by atoms with Crippen molar-refractivity contribution in [1.82, 2.24) is 5.32 Å². The van der Waals surface area contributed by atoms with Crippen LogP contribution in [0.2, 0.25) is 0 Å². The van der Waals surface area contributed by atoms with Crippen molar-refractivity contribution in [3.8, 4) is 0 Å². The summed E-state index contributed by atoms with van der Waals surface area (Å²) in [6.45, 7) is 6.35. The molecule has 1 N–H and O–H groups in total. The van der Waals surface area contributed by atoms with E-state index in [1.165, 1.54) is 51.4 Å². The Morgan fingerprint density at radius 2 is 1.39 bits per heavy atom. The van der Waals surface area contributed by atoms with E-state index in [0.29, 0.717) is 0 Å². The maximum Gasteiger partial charge on any atom is 0.296 e. The quantitative estimate of drug-likeness (QED) is 0.367. The molecule has 162 valence electrons. The summed E-state index contributed by atoms with van der Waals surface area (Å²) in [5.41, 5.74) is 0. The minimum Gasteiger partial charge on any atom is -0.379 e. The molecule has 1 aliphatic rings. The van der Waals surface area contributed by atoms with Crippen molar-refractivity contribution in [3.63, 3.8) is 0 Å². The molecule has 1 aromatic rings. The van der Waals surface area contributed by atoms with Crippen LogP contribution in [-0.2, 0) is 19.0 Å². The molecule has 1 heterocycles. The molecule has 0 saturated carbocycles. The molecule has 2 rings (SSSR count). The molecule has 0 unspecified atom stereocenters. The predicted molar refractivity (Wildman–Crippen MR) is 115 cm³/mol. The predicted octanol–water partition coefficient (Wildman–Crippen LogP) is 4.92. The van der Waals surface area contributed by atoms with Gasteiger partial charge in [0.15, 0.2) is 0 Å². The van der Waals surface area contributed by atoms with Gasteiger partial charge in [0.25, 0.3) is 10.1 Å². The van der Waals surface area contributed by atoms with Gasteiger partial charge in [-0.15, -0.1) is 0 Å². The van der Waals surface area contributed by atoms with Crippen molar-refractivity contribution >= 4 is 10.1 Å². The summed E-state index contributed by atoms with van der Waals surface area (Å²) in [7, 11) is -3.57. The first-order valence-corrected chi connectivity index (χ1v) is 12.3. The zero-order chi connectivity index (χ0) is 20.3. The molecule has 1 aromatic carbocycles. The second kappa shape index (κ2) is 17.0. The van der Waals surface area contributed by atoms with Gasteiger partial charge >= 0.3 is 0 Å². The highest BCUT2D eigenvalue weighted by molar-refractivity contribution is 7.86. The van der Waals surface area contributed by atoms with Crippen LogP contribution >= 0.6 is 0 Å². The summed E-state index contributed by atoms with van der Waals surface area (Å²) in [4.78, 5) is 0.238. The number of hydrogen-bond acceptors (Lipinski definition) is 5. The number of unbranched alkanes of at least 4 members (excludes halogenated alkanes) is 9. The van der Waals surface area contributed by atoms with Gasteiger partial charge in [0, 0.05) is 13.1 Å². The lowest BCUT2D eigenvalue weighted by Crippen LogP contribution is -2.30. The minimum atomic E-state index is -3.57. The van der Waals surface area contributed by atoms with Gasteiger partial charge in [0.2, 0.25) is 0 Å². The molecular formula is C22H39NO4S. The summed E-state index contributed by atoms with van der Waals surface area (Å²) in [6, 6.07) is 8.33. The summed E-state index contributed by atoms with van der Waals surface area (Å²) in [5.74, 6) is 0. The van der Waals surface area contributed by atoms with Gasteiger partial charge in [-0.1, -0.05) is 82.9 Å². The molecule has 28 heavy (non-hydrogen) atoms. The fourth-order valence-corrected chi connectivity index (χ4v) is 3.89. The van der Waals surface area contributed by atoms with Gasteiger partial charge in [-0.05, 0) is 18.6 Å². The summed E-state index contributed by atoms with van der Waals surface area (Å²) >= 11 is 0. The SMILES string of the molecule is C1COCCN1.CCCCCCCCCCCCOS(=O)(=O)c1ccccc1. The lowest BCUT2D eigenvalue weighted by molar-refractivity contribution is 0.109. The fourth-order valence-electron chi connectivity index (χ4n) is 2.93. The topological polar surface area (TPSA) is 64.6 Å². The largest absolute Gasteiger partial charge is 0.379 e. The van der Waals surface area contributed by atoms with Gasteiger partial charge in [-0.2, -0.15) is 8.42 Å². The van der Waals surface area contributed by atoms with Crippen LogP contribution in [-0.4, -0.2) is 41.3 Å². The Kier molecular flexibility index (Phi) is 15.2. The van der Waals surface area contributed by atoms with Crippen LogP contribution in [0.5, 0.6) is 0 Å². The smallest absolute Gasteiger partial charge is 0.296 e. The molecule has 0 aromatic heterocycles. The number of hydrogen-bond donors (Lipinski definition) is 1. The van der Waals surface area contributed by atoms with Gasteiger partial charge < -0.3 is 10.1 Å². The summed E-state index contributed by atoms with van der Waals surface area (Å²) in [5, 5.41) is 3.16. The third-order valence-electron chi connectivity index (χ3n) is 4.61. The lowest BCUT2D eigenvalue weighted by atomic mass is 10.1. The van der Waals surface area contributed by atoms with Crippen molar-refractivity contribution < 1.29 is 17.3 Å². The first-order valence-electron chi connectivity index (χ1n) is 10.9. The number of morpholine rings is 1. The van der Waals surface area contributed by atoms with E-state index < -0.39 is 10.1 Å². The fraction of sp³-hybridized carbons (Fsp3) is 0.727. The van der Waals surface area contributed by atoms with Gasteiger partial charge in [-0.3, -0.25) is 4.18 Å². The molecule has 0 spiro atoms. The average molecular weight is 414 g/mol. The second-order valence-corrected chi connectivity index (χ2v) is 8.75. The van der Waals surface area contributed by atoms with Crippen LogP contribution in [0, 0.1) is 0 Å². The number of ether oxygens (including phenoxy) is 1. The minimum absolute atomic E-state index is 0.238. The Morgan fingerprint density at radius 1 is 0.857 bits per heavy atom. The molecule has 5 nitrogen and oxygen atoms in total. The third kappa shape index (κ3) is 13.3. The van der Waals surface area contributed by atoms with Crippen LogP contribution in [0.15, 0.2) is 35.2 Å². The van der Waals surface area contributed by atoms with Gasteiger partial charge in [-0.25, -0.2) is 0 Å². The zero-order valence-corrected chi connectivity index (χ0v) is 18.4. The highest BCUT2D eigenvalue weighted by Crippen LogP contribution is 2.13. The Hall–Kier alpha value is -0.950. The molecular weight excluding hydrogens is 374 g/mol. The standard InChI is InChI=1S/C18H30O3S.C4H9NO/c1-2-3-4-5-6-7-8-9-10-14-17-21-22(19,20)18-15-12-11-13-16-18;1-3-6-4-2-5-1/h11-13,15-16H,2-10,14,17H2,1H3;5H,1-4H2. The summed E-state index contributed by atoms with van der Waals surface area (Å²) < 4.78 is 33.8. The van der Waals surface area contributed by atoms with Gasteiger partial charge in [0.1, 0.15) is 0 Å². The van der Waals surface area contributed by atoms with Crippen LogP contribution in [0.25, 0.3) is 0 Å². The maximum atomic E-state index is 11.9. The highest BCUT2D eigenvalue weighted by atomic mass is 32.2. The number of benzene rings is 1. The second-order valence-electron chi connectivity index (χ2n) is 7.13. The van der Waals surface area contributed by atoms with Crippen LogP contribution in [0.1, 0.15) is 71.1 Å². The van der Waals surface area contributed by atoms with E-state index in [1.54, 1.807) is 30.3 Å². The summed E-state index contributed by atoms with van der Waals surface area (Å²) in [6.07, 6.45) is 12.3. The van der Waals surface area contributed by atoms with Gasteiger partial charge in [0.05, 0.1) is 24.7 Å². The Bertz CT molecular complexity index is 548. The third-order valence-corrected chi connectivity index (χ3v) is 5.94. The molecule has 0 amide bonds. The Morgan fingerprint density at radius 3 is 1.86 bits per heavy atom. The average Bonchev–Trinajstić information content (AvgIpc) is 2.74. The first kappa shape index (κ1) is 25.1. The highest BCUT2D eigenvalue weighted by Gasteiger charge is 2.13. The molecule has 0 bridgehead atoms. The Labute approximate surface area is 172 Å². The first-order chi connectivity index (χ1) is 13.7. The molecule has 1 aliphatic heterocycles. The zero-order valence-electron chi connectivity index (χ0n) is 17.5. The molecule has 0 atom stereocenters. The van der Waals surface area contributed by atoms with E-state index in [0.717, 1.165) is 39.1 Å². The molecule has 0 aliphatic carbocycles. The molecule has 1 saturated heterocycles. The van der Waals surface area contributed by atoms with Crippen LogP contribution in [0.3, 0.4) is 0 Å². The van der Waals surface area contributed by atoms with Crippen molar-refractivity contribution in [2.45, 2.75) is 76.0 Å². The van der Waals surface area contributed by atoms with E-state index in [4.69, 9.17) is 8.92 Å². The number of rotatable bonds is 13. The molecule has 1 fully saturated rings. The van der Waals surface area contributed by atoms with Crippen molar-refractivity contribution in [3.05, 3.63) is 30.3 Å². The lowest BCUT2D eigenvalue weighted by Gasteiger charge is -2.10.